The van der Waals surface area contributed by atoms with Gasteiger partial charge in [-0.2, -0.15) is 0 Å². The van der Waals surface area contributed by atoms with Gasteiger partial charge in [0.05, 0.1) is 0 Å². The first-order valence-electron chi connectivity index (χ1n) is 11.7. The van der Waals surface area contributed by atoms with E-state index in [1.165, 1.54) is 38.5 Å². The van der Waals surface area contributed by atoms with Crippen molar-refractivity contribution in [3.63, 3.8) is 0 Å². The predicted molar refractivity (Wildman–Crippen MR) is 112 cm³/mol. The van der Waals surface area contributed by atoms with E-state index in [0.29, 0.717) is 29.1 Å². The van der Waals surface area contributed by atoms with Gasteiger partial charge in [0, 0.05) is 31.0 Å². The molecule has 1 saturated heterocycles. The van der Waals surface area contributed by atoms with Crippen molar-refractivity contribution in [3.8, 4) is 0 Å². The minimum Gasteiger partial charge on any atom is -0.351 e. The molecule has 5 fully saturated rings. The summed E-state index contributed by atoms with van der Waals surface area (Å²) in [6.07, 6.45) is 11.1. The molecule has 0 aromatic carbocycles. The van der Waals surface area contributed by atoms with Gasteiger partial charge < -0.3 is 10.2 Å². The van der Waals surface area contributed by atoms with Crippen molar-refractivity contribution in [2.75, 3.05) is 13.1 Å². The fraction of sp³-hybridized carbons (Fsp3) is 0.917. The quantitative estimate of drug-likeness (QED) is 0.752. The summed E-state index contributed by atoms with van der Waals surface area (Å²) >= 11 is 0. The van der Waals surface area contributed by atoms with E-state index in [9.17, 15) is 9.59 Å². The van der Waals surface area contributed by atoms with Crippen LogP contribution in [0.15, 0.2) is 0 Å². The van der Waals surface area contributed by atoms with Gasteiger partial charge >= 0.3 is 0 Å². The number of carbonyl (C=O) groups excluding carboxylic acids is 2. The molecule has 4 aliphatic carbocycles. The predicted octanol–water partition coefficient (Wildman–Crippen LogP) is 4.53. The van der Waals surface area contributed by atoms with E-state index in [-0.39, 0.29) is 17.4 Å². The van der Waals surface area contributed by atoms with Crippen LogP contribution in [-0.2, 0) is 9.59 Å². The summed E-state index contributed by atoms with van der Waals surface area (Å²) in [6.45, 7) is 10.7. The number of piperidine rings is 1. The maximum Gasteiger partial charge on any atom is 0.225 e. The van der Waals surface area contributed by atoms with Gasteiger partial charge in [0.15, 0.2) is 0 Å². The zero-order valence-corrected chi connectivity index (χ0v) is 18.5. The third-order valence-corrected chi connectivity index (χ3v) is 8.47. The Morgan fingerprint density at radius 1 is 1.04 bits per heavy atom. The number of amides is 2. The first kappa shape index (κ1) is 20.2. The minimum absolute atomic E-state index is 0.0627. The van der Waals surface area contributed by atoms with Crippen LogP contribution in [0.5, 0.6) is 0 Å². The second kappa shape index (κ2) is 7.02. The van der Waals surface area contributed by atoms with Crippen LogP contribution in [0.2, 0.25) is 0 Å². The summed E-state index contributed by atoms with van der Waals surface area (Å²) in [7, 11) is 0. The number of carbonyl (C=O) groups is 2. The van der Waals surface area contributed by atoms with E-state index in [0.717, 1.165) is 38.3 Å². The highest BCUT2D eigenvalue weighted by Gasteiger charge is 2.60. The Morgan fingerprint density at radius 3 is 2.18 bits per heavy atom. The van der Waals surface area contributed by atoms with Crippen molar-refractivity contribution in [1.29, 1.82) is 0 Å². The Morgan fingerprint density at radius 2 is 1.64 bits per heavy atom. The molecule has 5 aliphatic rings. The summed E-state index contributed by atoms with van der Waals surface area (Å²) < 4.78 is 0. The molecule has 4 saturated carbocycles. The lowest BCUT2D eigenvalue weighted by Gasteiger charge is -2.65. The number of nitrogens with one attached hydrogen (secondary N) is 1. The monoisotopic (exact) mass is 388 g/mol. The Hall–Kier alpha value is -1.06. The van der Waals surface area contributed by atoms with Gasteiger partial charge in [-0.15, -0.1) is 0 Å². The van der Waals surface area contributed by atoms with Crippen molar-refractivity contribution in [1.82, 2.24) is 10.2 Å². The summed E-state index contributed by atoms with van der Waals surface area (Å²) in [5.74, 6) is 1.92. The van der Waals surface area contributed by atoms with Crippen molar-refractivity contribution in [2.45, 2.75) is 97.4 Å². The molecule has 4 heteroatoms. The van der Waals surface area contributed by atoms with Crippen molar-refractivity contribution in [3.05, 3.63) is 0 Å². The van der Waals surface area contributed by atoms with E-state index < -0.39 is 0 Å². The summed E-state index contributed by atoms with van der Waals surface area (Å²) in [6, 6.07) is 0. The van der Waals surface area contributed by atoms with Gasteiger partial charge in [-0.1, -0.05) is 27.7 Å². The Balaban J connectivity index is 1.31. The van der Waals surface area contributed by atoms with Crippen molar-refractivity contribution in [2.24, 2.45) is 28.6 Å². The lowest BCUT2D eigenvalue weighted by molar-refractivity contribution is -0.140. The molecule has 1 N–H and O–H groups in total. The second-order valence-electron chi connectivity index (χ2n) is 11.7. The number of likely N-dealkylation sites (tertiary alicyclic amines) is 1. The molecule has 4 nitrogen and oxygen atoms in total. The molecule has 0 aromatic heterocycles. The van der Waals surface area contributed by atoms with Gasteiger partial charge in [-0.3, -0.25) is 9.59 Å². The Bertz CT molecular complexity index is 619. The van der Waals surface area contributed by atoms with Crippen LogP contribution in [0.1, 0.15) is 91.9 Å². The van der Waals surface area contributed by atoms with Crippen molar-refractivity contribution >= 4 is 11.8 Å². The Labute approximate surface area is 171 Å². The maximum atomic E-state index is 13.0. The average Bonchev–Trinajstić information content (AvgIpc) is 2.57. The SMILES string of the molecule is CCC(C)C(=O)N1CCC(CC(=O)NC23CC4CC(C)(CC(C)(C4)C2)C3)CC1. The number of rotatable bonds is 5. The zero-order chi connectivity index (χ0) is 20.2. The highest BCUT2D eigenvalue weighted by molar-refractivity contribution is 5.79. The largest absolute Gasteiger partial charge is 0.351 e. The van der Waals surface area contributed by atoms with Crippen LogP contribution in [-0.4, -0.2) is 35.3 Å². The lowest BCUT2D eigenvalue weighted by Crippen LogP contribution is -2.65. The molecule has 0 spiro atoms. The molecule has 0 radical (unpaired) electrons. The summed E-state index contributed by atoms with van der Waals surface area (Å²) in [5, 5.41) is 3.56. The van der Waals surface area contributed by atoms with Crippen LogP contribution < -0.4 is 5.32 Å². The fourth-order valence-corrected chi connectivity index (χ4v) is 8.04. The molecule has 158 valence electrons. The lowest BCUT2D eigenvalue weighted by atomic mass is 9.43. The van der Waals surface area contributed by atoms with Gasteiger partial charge in [0.2, 0.25) is 11.8 Å². The number of hydrogen-bond donors (Lipinski definition) is 1. The van der Waals surface area contributed by atoms with E-state index in [1.54, 1.807) is 0 Å². The van der Waals surface area contributed by atoms with Gasteiger partial charge in [0.25, 0.3) is 0 Å². The molecular formula is C24H40N2O2. The zero-order valence-electron chi connectivity index (χ0n) is 18.5. The van der Waals surface area contributed by atoms with Crippen LogP contribution in [0.3, 0.4) is 0 Å². The van der Waals surface area contributed by atoms with Crippen LogP contribution >= 0.6 is 0 Å². The molecule has 0 aromatic rings. The van der Waals surface area contributed by atoms with Gasteiger partial charge in [-0.25, -0.2) is 0 Å². The van der Waals surface area contributed by atoms with Gasteiger partial charge in [0.1, 0.15) is 0 Å². The number of nitrogens with zero attached hydrogens (tertiary/aromatic N) is 1. The van der Waals surface area contributed by atoms with E-state index >= 15 is 0 Å². The smallest absolute Gasteiger partial charge is 0.225 e. The minimum atomic E-state index is 0.0627. The molecule has 1 aliphatic heterocycles. The molecule has 1 heterocycles. The molecule has 4 bridgehead atoms. The first-order chi connectivity index (χ1) is 13.1. The molecular weight excluding hydrogens is 348 g/mol. The standard InChI is InChI=1S/C24H40N2O2/c1-5-17(2)21(28)26-8-6-18(7-9-26)10-20(27)25-24-13-19-11-22(3,15-24)14-23(4,12-19)16-24/h17-19H,5-16H2,1-4H3,(H,25,27). The Kier molecular flexibility index (Phi) is 5.07. The summed E-state index contributed by atoms with van der Waals surface area (Å²) in [4.78, 5) is 27.4. The molecule has 2 amide bonds. The third kappa shape index (κ3) is 3.85. The molecule has 5 rings (SSSR count). The first-order valence-corrected chi connectivity index (χ1v) is 11.7. The van der Waals surface area contributed by atoms with E-state index in [4.69, 9.17) is 0 Å². The van der Waals surface area contributed by atoms with Crippen molar-refractivity contribution < 1.29 is 9.59 Å². The van der Waals surface area contributed by atoms with Crippen LogP contribution in [0.4, 0.5) is 0 Å². The van der Waals surface area contributed by atoms with Gasteiger partial charge in [-0.05, 0) is 80.5 Å². The van der Waals surface area contributed by atoms with Crippen LogP contribution in [0, 0.1) is 28.6 Å². The highest BCUT2D eigenvalue weighted by Crippen LogP contribution is 2.66. The molecule has 3 atom stereocenters. The maximum absolute atomic E-state index is 13.0. The van der Waals surface area contributed by atoms with E-state index in [1.807, 2.05) is 11.8 Å². The topological polar surface area (TPSA) is 49.4 Å². The fourth-order valence-electron chi connectivity index (χ4n) is 8.04. The number of hydrogen-bond acceptors (Lipinski definition) is 2. The summed E-state index contributed by atoms with van der Waals surface area (Å²) in [5.41, 5.74) is 0.930. The van der Waals surface area contributed by atoms with E-state index in [2.05, 4.69) is 26.1 Å². The molecule has 28 heavy (non-hydrogen) atoms. The average molecular weight is 389 g/mol. The second-order valence-corrected chi connectivity index (χ2v) is 11.7. The van der Waals surface area contributed by atoms with Crippen LogP contribution in [0.25, 0.3) is 0 Å². The molecule has 3 unspecified atom stereocenters. The highest BCUT2D eigenvalue weighted by atomic mass is 16.2. The third-order valence-electron chi connectivity index (χ3n) is 8.47. The normalized spacial score (nSPS) is 41.1.